The van der Waals surface area contributed by atoms with Gasteiger partial charge in [-0.3, -0.25) is 0 Å². The topological polar surface area (TPSA) is 20.2 Å². The van der Waals surface area contributed by atoms with Gasteiger partial charge in [0.25, 0.3) is 0 Å². The van der Waals surface area contributed by atoms with Gasteiger partial charge in [-0.1, -0.05) is 60.7 Å². The van der Waals surface area contributed by atoms with Gasteiger partial charge < -0.3 is 26.6 Å². The molecule has 0 aromatic heterocycles. The van der Waals surface area contributed by atoms with Crippen molar-refractivity contribution in [2.75, 3.05) is 14.1 Å². The van der Waals surface area contributed by atoms with E-state index in [9.17, 15) is 5.11 Å². The average Bonchev–Trinajstić information content (AvgIpc) is 2.47. The number of aliphatic hydroxyl groups is 1. The predicted octanol–water partition coefficient (Wildman–Crippen LogP) is 0.389. The van der Waals surface area contributed by atoms with Gasteiger partial charge in [0.2, 0.25) is 0 Å². The van der Waals surface area contributed by atoms with Gasteiger partial charge in [-0.2, -0.15) is 0 Å². The van der Waals surface area contributed by atoms with E-state index in [0.717, 1.165) is 16.6 Å². The first-order valence-corrected chi connectivity index (χ1v) is 7.10. The molecule has 2 rings (SSSR count). The third kappa shape index (κ3) is 4.67. The molecule has 0 bridgehead atoms. The van der Waals surface area contributed by atoms with Crippen LogP contribution in [0.4, 0.5) is 0 Å². The molecule has 2 atom stereocenters. The first kappa shape index (κ1) is 17.9. The number of aliphatic hydroxyl groups excluding tert-OH is 1. The second kappa shape index (κ2) is 7.74. The Morgan fingerprint density at radius 1 is 0.905 bits per heavy atom. The van der Waals surface area contributed by atoms with Crippen LogP contribution in [0.3, 0.4) is 0 Å². The van der Waals surface area contributed by atoms with Gasteiger partial charge in [0, 0.05) is 5.56 Å². The highest BCUT2D eigenvalue weighted by Crippen LogP contribution is 2.25. The Hall–Kier alpha value is -1.16. The molecule has 21 heavy (non-hydrogen) atoms. The maximum absolute atomic E-state index is 10.6. The lowest BCUT2D eigenvalue weighted by Crippen LogP contribution is -3.00. The van der Waals surface area contributed by atoms with E-state index in [1.54, 1.807) is 0 Å². The van der Waals surface area contributed by atoms with Crippen molar-refractivity contribution in [1.82, 2.24) is 0 Å². The molecule has 0 radical (unpaired) electrons. The van der Waals surface area contributed by atoms with Crippen LogP contribution in [0.2, 0.25) is 0 Å². The molecule has 0 amide bonds. The number of halogens is 1. The van der Waals surface area contributed by atoms with Crippen molar-refractivity contribution < 1.29 is 26.6 Å². The van der Waals surface area contributed by atoms with Crippen molar-refractivity contribution in [3.8, 4) is 0 Å². The Labute approximate surface area is 138 Å². The van der Waals surface area contributed by atoms with Gasteiger partial charge in [0.15, 0.2) is 0 Å². The van der Waals surface area contributed by atoms with Crippen LogP contribution in [-0.2, 0) is 6.54 Å². The monoisotopic (exact) mass is 349 g/mol. The van der Waals surface area contributed by atoms with Crippen molar-refractivity contribution >= 4 is 0 Å². The lowest BCUT2D eigenvalue weighted by molar-refractivity contribution is -0.930. The zero-order valence-corrected chi connectivity index (χ0v) is 14.5. The quantitative estimate of drug-likeness (QED) is 0.774. The largest absolute Gasteiger partial charge is 1.00 e. The summed E-state index contributed by atoms with van der Waals surface area (Å²) in [4.78, 5) is 0. The van der Waals surface area contributed by atoms with Crippen LogP contribution in [0, 0.1) is 0 Å². The van der Waals surface area contributed by atoms with Gasteiger partial charge in [-0.05, 0) is 12.5 Å². The van der Waals surface area contributed by atoms with Crippen molar-refractivity contribution in [1.29, 1.82) is 0 Å². The molecule has 0 aliphatic heterocycles. The summed E-state index contributed by atoms with van der Waals surface area (Å²) in [5, 5.41) is 10.6. The second-order valence-corrected chi connectivity index (χ2v) is 6.02. The van der Waals surface area contributed by atoms with Crippen LogP contribution in [0.15, 0.2) is 60.7 Å². The fourth-order valence-corrected chi connectivity index (χ4v) is 2.51. The number of hydrogen-bond donors (Lipinski definition) is 1. The fourth-order valence-electron chi connectivity index (χ4n) is 2.51. The molecular formula is C18H24BrNO. The minimum atomic E-state index is -0.449. The summed E-state index contributed by atoms with van der Waals surface area (Å²) in [6.45, 7) is 3.02. The summed E-state index contributed by atoms with van der Waals surface area (Å²) in [5.74, 6) is 0. The number of hydrogen-bond acceptors (Lipinski definition) is 1. The molecule has 0 aliphatic rings. The number of nitrogens with zero attached hydrogens (tertiary/aromatic N) is 1. The lowest BCUT2D eigenvalue weighted by atomic mass is 10.0. The maximum Gasteiger partial charge on any atom is 0.130 e. The van der Waals surface area contributed by atoms with Crippen LogP contribution >= 0.6 is 0 Å². The summed E-state index contributed by atoms with van der Waals surface area (Å²) in [6.07, 6.45) is -0.449. The third-order valence-corrected chi connectivity index (χ3v) is 4.13. The van der Waals surface area contributed by atoms with Crippen molar-refractivity contribution in [2.45, 2.75) is 25.6 Å². The smallest absolute Gasteiger partial charge is 0.130 e. The molecule has 0 saturated heterocycles. The fraction of sp³-hybridized carbons (Fsp3) is 0.333. The Bertz CT molecular complexity index is 527. The average molecular weight is 350 g/mol. The molecule has 0 heterocycles. The number of benzene rings is 2. The molecule has 2 aromatic rings. The Morgan fingerprint density at radius 3 is 1.90 bits per heavy atom. The summed E-state index contributed by atoms with van der Waals surface area (Å²) >= 11 is 0. The van der Waals surface area contributed by atoms with E-state index >= 15 is 0 Å². The van der Waals surface area contributed by atoms with Crippen LogP contribution in [0.1, 0.15) is 24.2 Å². The summed E-state index contributed by atoms with van der Waals surface area (Å²) in [5.41, 5.74) is 2.28. The Kier molecular flexibility index (Phi) is 6.59. The number of quaternary nitrogens is 1. The maximum atomic E-state index is 10.6. The summed E-state index contributed by atoms with van der Waals surface area (Å²) in [6, 6.07) is 20.5. The van der Waals surface area contributed by atoms with E-state index in [4.69, 9.17) is 0 Å². The second-order valence-electron chi connectivity index (χ2n) is 6.02. The van der Waals surface area contributed by atoms with Crippen LogP contribution in [0.25, 0.3) is 0 Å². The first-order valence-electron chi connectivity index (χ1n) is 7.10. The molecule has 2 nitrogen and oxygen atoms in total. The lowest BCUT2D eigenvalue weighted by Gasteiger charge is -2.38. The van der Waals surface area contributed by atoms with E-state index < -0.39 is 6.10 Å². The highest BCUT2D eigenvalue weighted by atomic mass is 79.9. The zero-order chi connectivity index (χ0) is 14.6. The molecule has 114 valence electrons. The van der Waals surface area contributed by atoms with Gasteiger partial charge >= 0.3 is 0 Å². The molecule has 2 aromatic carbocycles. The highest BCUT2D eigenvalue weighted by Gasteiger charge is 2.31. The van der Waals surface area contributed by atoms with Gasteiger partial charge in [0.05, 0.1) is 14.1 Å². The minimum Gasteiger partial charge on any atom is -1.00 e. The molecular weight excluding hydrogens is 326 g/mol. The van der Waals surface area contributed by atoms with Crippen molar-refractivity contribution in [3.05, 3.63) is 71.8 Å². The van der Waals surface area contributed by atoms with Gasteiger partial charge in [-0.15, -0.1) is 0 Å². The van der Waals surface area contributed by atoms with E-state index in [1.807, 2.05) is 36.4 Å². The van der Waals surface area contributed by atoms with Gasteiger partial charge in [0.1, 0.15) is 18.7 Å². The van der Waals surface area contributed by atoms with E-state index in [1.165, 1.54) is 5.56 Å². The minimum absolute atomic E-state index is 0. The normalized spacial score (nSPS) is 14.1. The van der Waals surface area contributed by atoms with E-state index in [0.29, 0.717) is 0 Å². The molecule has 0 aliphatic carbocycles. The predicted molar refractivity (Wildman–Crippen MR) is 83.1 cm³/mol. The van der Waals surface area contributed by atoms with Crippen molar-refractivity contribution in [2.24, 2.45) is 0 Å². The molecule has 3 heteroatoms. The zero-order valence-electron chi connectivity index (χ0n) is 12.9. The van der Waals surface area contributed by atoms with Crippen LogP contribution < -0.4 is 17.0 Å². The van der Waals surface area contributed by atoms with E-state index in [-0.39, 0.29) is 23.0 Å². The molecule has 0 saturated carbocycles. The van der Waals surface area contributed by atoms with Gasteiger partial charge in [-0.25, -0.2) is 0 Å². The highest BCUT2D eigenvalue weighted by molar-refractivity contribution is 5.18. The summed E-state index contributed by atoms with van der Waals surface area (Å²) < 4.78 is 0.750. The van der Waals surface area contributed by atoms with Crippen LogP contribution in [0.5, 0.6) is 0 Å². The number of likely N-dealkylation sites (N-methyl/N-ethyl adjacent to an activating group) is 1. The van der Waals surface area contributed by atoms with E-state index in [2.05, 4.69) is 45.3 Å². The molecule has 0 fully saturated rings. The van der Waals surface area contributed by atoms with Crippen molar-refractivity contribution in [3.63, 3.8) is 0 Å². The number of rotatable bonds is 5. The SMILES string of the molecule is C[C@@H](C(O)c1ccccc1)[N+](C)(C)Cc1ccccc1.[Br-]. The first-order chi connectivity index (χ1) is 9.50. The Balaban J connectivity index is 0.00000220. The molecule has 0 spiro atoms. The molecule has 1 unspecified atom stereocenters. The third-order valence-electron chi connectivity index (χ3n) is 4.13. The Morgan fingerprint density at radius 2 is 1.38 bits per heavy atom. The standard InChI is InChI=1S/C18H24NO.BrH/c1-15(18(20)17-12-8-5-9-13-17)19(2,3)14-16-10-6-4-7-11-16;/h4-13,15,18,20H,14H2,1-3H3;1H/q+1;/p-1/t15-,18?;/m0./s1. The van der Waals surface area contributed by atoms with Crippen LogP contribution in [-0.4, -0.2) is 29.7 Å². The molecule has 1 N–H and O–H groups in total. The summed E-state index contributed by atoms with van der Waals surface area (Å²) in [7, 11) is 4.34.